The number of nitrogens with zero attached hydrogens (tertiary/aromatic N) is 1. The van der Waals surface area contributed by atoms with Crippen LogP contribution in [0.15, 0.2) is 65.5 Å². The predicted octanol–water partition coefficient (Wildman–Crippen LogP) is 3.20. The molecule has 3 aromatic rings. The van der Waals surface area contributed by atoms with Gasteiger partial charge in [0.05, 0.1) is 11.2 Å². The Morgan fingerprint density at radius 2 is 1.78 bits per heavy atom. The van der Waals surface area contributed by atoms with Crippen LogP contribution in [0.2, 0.25) is 0 Å². The molecule has 0 unspecified atom stereocenters. The van der Waals surface area contributed by atoms with Crippen LogP contribution in [0.5, 0.6) is 5.75 Å². The lowest BCUT2D eigenvalue weighted by Crippen LogP contribution is -2.30. The standard InChI is InChI=1S/C20H18N2O4S/c23-19(26-11-15-4-2-1-3-5-15)10-21-20(24)16-6-8-18(9-7-16)25-12-17-13-27-14-22-17/h1-9,13-14H,10-12H2,(H,21,24). The minimum atomic E-state index is -0.490. The van der Waals surface area contributed by atoms with Gasteiger partial charge in [-0.25, -0.2) is 4.98 Å². The lowest BCUT2D eigenvalue weighted by Gasteiger charge is -2.08. The summed E-state index contributed by atoms with van der Waals surface area (Å²) in [6, 6.07) is 16.0. The number of esters is 1. The Labute approximate surface area is 160 Å². The second-order valence-electron chi connectivity index (χ2n) is 5.62. The van der Waals surface area contributed by atoms with Gasteiger partial charge in [0, 0.05) is 10.9 Å². The van der Waals surface area contributed by atoms with Crippen LogP contribution in [-0.4, -0.2) is 23.4 Å². The maximum Gasteiger partial charge on any atom is 0.325 e. The molecule has 0 radical (unpaired) electrons. The van der Waals surface area contributed by atoms with Crippen LogP contribution in [0.1, 0.15) is 21.6 Å². The summed E-state index contributed by atoms with van der Waals surface area (Å²) in [5, 5.41) is 4.46. The van der Waals surface area contributed by atoms with Crippen molar-refractivity contribution in [2.75, 3.05) is 6.54 Å². The number of nitrogens with one attached hydrogen (secondary N) is 1. The molecule has 1 aromatic heterocycles. The van der Waals surface area contributed by atoms with Gasteiger partial charge in [-0.15, -0.1) is 11.3 Å². The van der Waals surface area contributed by atoms with E-state index in [-0.39, 0.29) is 19.1 Å². The van der Waals surface area contributed by atoms with Crippen molar-refractivity contribution in [1.29, 1.82) is 0 Å². The van der Waals surface area contributed by atoms with Crippen LogP contribution < -0.4 is 10.1 Å². The van der Waals surface area contributed by atoms with E-state index in [0.29, 0.717) is 17.9 Å². The molecule has 0 aliphatic heterocycles. The molecule has 27 heavy (non-hydrogen) atoms. The molecule has 1 N–H and O–H groups in total. The minimum Gasteiger partial charge on any atom is -0.487 e. The Bertz CT molecular complexity index is 865. The van der Waals surface area contributed by atoms with Gasteiger partial charge in [0.25, 0.3) is 5.91 Å². The van der Waals surface area contributed by atoms with E-state index in [1.165, 1.54) is 11.3 Å². The molecule has 0 saturated carbocycles. The monoisotopic (exact) mass is 382 g/mol. The highest BCUT2D eigenvalue weighted by atomic mass is 32.1. The number of aromatic nitrogens is 1. The molecule has 0 aliphatic carbocycles. The van der Waals surface area contributed by atoms with Gasteiger partial charge < -0.3 is 14.8 Å². The first kappa shape index (κ1) is 18.6. The molecule has 2 aromatic carbocycles. The summed E-state index contributed by atoms with van der Waals surface area (Å²) in [6.45, 7) is 0.372. The van der Waals surface area contributed by atoms with Crippen LogP contribution in [-0.2, 0) is 22.7 Å². The molecule has 3 rings (SSSR count). The molecular weight excluding hydrogens is 364 g/mol. The molecule has 1 heterocycles. The van der Waals surface area contributed by atoms with Gasteiger partial charge in [0.2, 0.25) is 0 Å². The smallest absolute Gasteiger partial charge is 0.325 e. The van der Waals surface area contributed by atoms with Gasteiger partial charge >= 0.3 is 5.97 Å². The van der Waals surface area contributed by atoms with E-state index in [1.54, 1.807) is 29.8 Å². The number of hydrogen-bond donors (Lipinski definition) is 1. The topological polar surface area (TPSA) is 77.5 Å². The van der Waals surface area contributed by atoms with Crippen molar-refractivity contribution in [3.8, 4) is 5.75 Å². The molecule has 0 saturated heterocycles. The fourth-order valence-corrected chi connectivity index (χ4v) is 2.76. The van der Waals surface area contributed by atoms with Crippen LogP contribution in [0.3, 0.4) is 0 Å². The van der Waals surface area contributed by atoms with E-state index < -0.39 is 5.97 Å². The number of carbonyl (C=O) groups excluding carboxylic acids is 2. The van der Waals surface area contributed by atoms with Crippen LogP contribution in [0, 0.1) is 0 Å². The zero-order valence-electron chi connectivity index (χ0n) is 14.5. The van der Waals surface area contributed by atoms with Crippen molar-refractivity contribution in [3.63, 3.8) is 0 Å². The number of amides is 1. The maximum absolute atomic E-state index is 12.1. The van der Waals surface area contributed by atoms with Crippen LogP contribution in [0.25, 0.3) is 0 Å². The molecule has 7 heteroatoms. The number of benzene rings is 2. The molecule has 0 aliphatic rings. The zero-order chi connectivity index (χ0) is 18.9. The Kier molecular flexibility index (Phi) is 6.54. The van der Waals surface area contributed by atoms with E-state index in [1.807, 2.05) is 35.7 Å². The fourth-order valence-electron chi connectivity index (χ4n) is 2.21. The van der Waals surface area contributed by atoms with Crippen molar-refractivity contribution in [2.24, 2.45) is 0 Å². The van der Waals surface area contributed by atoms with E-state index in [4.69, 9.17) is 9.47 Å². The van der Waals surface area contributed by atoms with Crippen molar-refractivity contribution < 1.29 is 19.1 Å². The Hall–Kier alpha value is -3.19. The number of hydrogen-bond acceptors (Lipinski definition) is 6. The number of carbonyl (C=O) groups is 2. The Morgan fingerprint density at radius 1 is 1.00 bits per heavy atom. The summed E-state index contributed by atoms with van der Waals surface area (Å²) >= 11 is 1.51. The first-order valence-corrected chi connectivity index (χ1v) is 9.22. The molecule has 1 amide bonds. The van der Waals surface area contributed by atoms with Crippen LogP contribution in [0.4, 0.5) is 0 Å². The Balaban J connectivity index is 1.41. The first-order valence-electron chi connectivity index (χ1n) is 8.28. The van der Waals surface area contributed by atoms with Crippen molar-refractivity contribution in [2.45, 2.75) is 13.2 Å². The van der Waals surface area contributed by atoms with E-state index in [9.17, 15) is 9.59 Å². The first-order chi connectivity index (χ1) is 13.2. The molecule has 138 valence electrons. The van der Waals surface area contributed by atoms with Gasteiger partial charge in [-0.3, -0.25) is 9.59 Å². The summed E-state index contributed by atoms with van der Waals surface area (Å²) in [6.07, 6.45) is 0. The van der Waals surface area contributed by atoms with Crippen LogP contribution >= 0.6 is 11.3 Å². The second-order valence-corrected chi connectivity index (χ2v) is 6.34. The average molecular weight is 382 g/mol. The number of ether oxygens (including phenoxy) is 2. The van der Waals surface area contributed by atoms with E-state index in [0.717, 1.165) is 11.3 Å². The van der Waals surface area contributed by atoms with E-state index >= 15 is 0 Å². The van der Waals surface area contributed by atoms with Gasteiger partial charge in [-0.1, -0.05) is 30.3 Å². The maximum atomic E-state index is 12.1. The fraction of sp³-hybridized carbons (Fsp3) is 0.150. The lowest BCUT2D eigenvalue weighted by atomic mass is 10.2. The largest absolute Gasteiger partial charge is 0.487 e. The second kappa shape index (κ2) is 9.49. The highest BCUT2D eigenvalue weighted by Gasteiger charge is 2.09. The van der Waals surface area contributed by atoms with Crippen molar-refractivity contribution in [1.82, 2.24) is 10.3 Å². The van der Waals surface area contributed by atoms with Crippen molar-refractivity contribution >= 4 is 23.2 Å². The SMILES string of the molecule is O=C(CNC(=O)c1ccc(OCc2cscn2)cc1)OCc1ccccc1. The van der Waals surface area contributed by atoms with Gasteiger partial charge in [0.15, 0.2) is 0 Å². The van der Waals surface area contributed by atoms with Crippen molar-refractivity contribution in [3.05, 3.63) is 82.3 Å². The third-order valence-corrected chi connectivity index (χ3v) is 4.26. The summed E-state index contributed by atoms with van der Waals surface area (Å²) in [5.41, 5.74) is 3.94. The number of thiazole rings is 1. The zero-order valence-corrected chi connectivity index (χ0v) is 15.3. The molecule has 0 bridgehead atoms. The minimum absolute atomic E-state index is 0.181. The Morgan fingerprint density at radius 3 is 2.48 bits per heavy atom. The molecular formula is C20H18N2O4S. The normalized spacial score (nSPS) is 10.2. The van der Waals surface area contributed by atoms with Gasteiger partial charge in [-0.05, 0) is 29.8 Å². The third-order valence-electron chi connectivity index (χ3n) is 3.62. The molecule has 0 spiro atoms. The van der Waals surface area contributed by atoms with Gasteiger partial charge in [0.1, 0.15) is 25.5 Å². The predicted molar refractivity (Wildman–Crippen MR) is 101 cm³/mol. The quantitative estimate of drug-likeness (QED) is 0.606. The lowest BCUT2D eigenvalue weighted by molar-refractivity contribution is -0.143. The highest BCUT2D eigenvalue weighted by molar-refractivity contribution is 7.07. The summed E-state index contributed by atoms with van der Waals surface area (Å²) in [7, 11) is 0. The molecule has 0 fully saturated rings. The average Bonchev–Trinajstić information content (AvgIpc) is 3.24. The summed E-state index contributed by atoms with van der Waals surface area (Å²) in [4.78, 5) is 28.0. The van der Waals surface area contributed by atoms with Gasteiger partial charge in [-0.2, -0.15) is 0 Å². The third kappa shape index (κ3) is 5.93. The molecule has 6 nitrogen and oxygen atoms in total. The van der Waals surface area contributed by atoms with E-state index in [2.05, 4.69) is 10.3 Å². The summed E-state index contributed by atoms with van der Waals surface area (Å²) < 4.78 is 10.7. The summed E-state index contributed by atoms with van der Waals surface area (Å²) in [5.74, 6) is -0.199. The highest BCUT2D eigenvalue weighted by Crippen LogP contribution is 2.14. The number of rotatable bonds is 8. The molecule has 0 atom stereocenters.